The Bertz CT molecular complexity index is 1020. The van der Waals surface area contributed by atoms with E-state index >= 15 is 0 Å². The fourth-order valence-corrected chi connectivity index (χ4v) is 2.89. The van der Waals surface area contributed by atoms with Crippen molar-refractivity contribution in [2.24, 2.45) is 0 Å². The first-order chi connectivity index (χ1) is 12.3. The monoisotopic (exact) mass is 379 g/mol. The summed E-state index contributed by atoms with van der Waals surface area (Å²) in [4.78, 5) is 45.4. The average Bonchev–Trinajstić information content (AvgIpc) is 2.98. The van der Waals surface area contributed by atoms with Gasteiger partial charge in [-0.2, -0.15) is 4.68 Å². The van der Waals surface area contributed by atoms with Crippen molar-refractivity contribution in [3.63, 3.8) is 0 Å². The first-order valence-corrected chi connectivity index (χ1v) is 7.89. The number of aromatic nitrogens is 1. The highest BCUT2D eigenvalue weighted by Crippen LogP contribution is 2.28. The summed E-state index contributed by atoms with van der Waals surface area (Å²) in [5.41, 5.74) is 0.731. The third kappa shape index (κ3) is 3.78. The number of ether oxygens (including phenoxy) is 1. The number of amides is 1. The SMILES string of the molecule is O=C(NCc1cc(C(=O)O)c(Nn2c(=O)c2=O)s1)Oc1ccc(F)cc1. The second-order valence-corrected chi connectivity index (χ2v) is 6.15. The van der Waals surface area contributed by atoms with Crippen molar-refractivity contribution in [2.75, 3.05) is 5.43 Å². The molecule has 0 saturated heterocycles. The molecule has 3 N–H and O–H groups in total. The first kappa shape index (κ1) is 17.4. The van der Waals surface area contributed by atoms with E-state index in [4.69, 9.17) is 4.74 Å². The Morgan fingerprint density at radius 3 is 2.42 bits per heavy atom. The maximum Gasteiger partial charge on any atom is 0.412 e. The summed E-state index contributed by atoms with van der Waals surface area (Å²) < 4.78 is 18.4. The van der Waals surface area contributed by atoms with Gasteiger partial charge in [-0.05, 0) is 30.3 Å². The highest BCUT2D eigenvalue weighted by atomic mass is 32.1. The van der Waals surface area contributed by atoms with Crippen LogP contribution in [0.15, 0.2) is 39.9 Å². The minimum Gasteiger partial charge on any atom is -0.478 e. The van der Waals surface area contributed by atoms with Crippen molar-refractivity contribution >= 4 is 28.4 Å². The summed E-state index contributed by atoms with van der Waals surface area (Å²) in [6, 6.07) is 6.13. The van der Waals surface area contributed by atoms with E-state index in [1.165, 1.54) is 18.2 Å². The lowest BCUT2D eigenvalue weighted by Gasteiger charge is -2.05. The molecule has 1 aromatic carbocycles. The highest BCUT2D eigenvalue weighted by molar-refractivity contribution is 7.16. The van der Waals surface area contributed by atoms with Crippen LogP contribution in [0.2, 0.25) is 0 Å². The van der Waals surface area contributed by atoms with E-state index in [-0.39, 0.29) is 22.9 Å². The molecule has 3 rings (SSSR count). The van der Waals surface area contributed by atoms with Gasteiger partial charge in [0.1, 0.15) is 16.6 Å². The number of hydrogen-bond acceptors (Lipinski definition) is 7. The van der Waals surface area contributed by atoms with Gasteiger partial charge in [0.25, 0.3) is 0 Å². The zero-order valence-electron chi connectivity index (χ0n) is 12.8. The number of rotatable bonds is 6. The number of hydrogen-bond donors (Lipinski definition) is 3. The number of anilines is 1. The van der Waals surface area contributed by atoms with E-state index in [9.17, 15) is 28.7 Å². The molecule has 2 heterocycles. The molecule has 3 aromatic rings. The van der Waals surface area contributed by atoms with Crippen molar-refractivity contribution in [1.82, 2.24) is 9.99 Å². The summed E-state index contributed by atoms with van der Waals surface area (Å²) in [6.45, 7) is -0.0471. The number of carbonyl (C=O) groups is 2. The maximum absolute atomic E-state index is 12.8. The molecule has 2 aromatic heterocycles. The van der Waals surface area contributed by atoms with Crippen molar-refractivity contribution in [2.45, 2.75) is 6.54 Å². The van der Waals surface area contributed by atoms with Gasteiger partial charge in [0.2, 0.25) is 0 Å². The highest BCUT2D eigenvalue weighted by Gasteiger charge is 2.21. The molecule has 0 aliphatic rings. The van der Waals surface area contributed by atoms with Crippen molar-refractivity contribution in [3.05, 3.63) is 67.3 Å². The van der Waals surface area contributed by atoms with Crippen LogP contribution in [-0.4, -0.2) is 21.8 Å². The van der Waals surface area contributed by atoms with Gasteiger partial charge < -0.3 is 15.2 Å². The van der Waals surface area contributed by atoms with Crippen LogP contribution in [0.4, 0.5) is 14.2 Å². The van der Waals surface area contributed by atoms with Crippen molar-refractivity contribution in [1.29, 1.82) is 0 Å². The topological polar surface area (TPSA) is 127 Å². The number of carboxylic acid groups (broad SMARTS) is 1. The zero-order chi connectivity index (χ0) is 18.8. The molecule has 11 heteroatoms. The fourth-order valence-electron chi connectivity index (χ4n) is 1.91. The molecule has 0 bridgehead atoms. The molecular formula is C15H10FN3O6S. The van der Waals surface area contributed by atoms with E-state index in [2.05, 4.69) is 10.7 Å². The van der Waals surface area contributed by atoms with Crippen LogP contribution in [-0.2, 0) is 6.54 Å². The average molecular weight is 379 g/mol. The molecule has 26 heavy (non-hydrogen) atoms. The van der Waals surface area contributed by atoms with Gasteiger partial charge in [-0.3, -0.25) is 15.0 Å². The van der Waals surface area contributed by atoms with Gasteiger partial charge in [-0.25, -0.2) is 14.0 Å². The smallest absolute Gasteiger partial charge is 0.412 e. The van der Waals surface area contributed by atoms with E-state index in [1.54, 1.807) is 0 Å². The predicted octanol–water partition coefficient (Wildman–Crippen LogP) is 1.15. The zero-order valence-corrected chi connectivity index (χ0v) is 13.6. The Morgan fingerprint density at radius 1 is 1.19 bits per heavy atom. The molecule has 0 fully saturated rings. The summed E-state index contributed by atoms with van der Waals surface area (Å²) in [6.07, 6.45) is -0.812. The molecule has 0 saturated carbocycles. The molecule has 0 aliphatic carbocycles. The normalized spacial score (nSPS) is 10.7. The number of carbonyl (C=O) groups excluding carboxylic acids is 1. The number of thiophene rings is 1. The van der Waals surface area contributed by atoms with Gasteiger partial charge in [0, 0.05) is 4.88 Å². The lowest BCUT2D eigenvalue weighted by atomic mass is 10.3. The Balaban J connectivity index is 1.64. The van der Waals surface area contributed by atoms with E-state index in [0.29, 0.717) is 9.55 Å². The molecule has 9 nitrogen and oxygen atoms in total. The second kappa shape index (κ2) is 6.80. The van der Waals surface area contributed by atoms with Crippen molar-refractivity contribution in [3.8, 4) is 5.75 Å². The van der Waals surface area contributed by atoms with Crippen LogP contribution in [0, 0.1) is 5.82 Å². The summed E-state index contributed by atoms with van der Waals surface area (Å²) in [7, 11) is 0. The number of carboxylic acids is 1. The number of aromatic carboxylic acids is 1. The van der Waals surface area contributed by atoms with Crippen LogP contribution in [0.5, 0.6) is 5.75 Å². The third-order valence-corrected chi connectivity index (χ3v) is 4.24. The van der Waals surface area contributed by atoms with Crippen LogP contribution in [0.3, 0.4) is 0 Å². The lowest BCUT2D eigenvalue weighted by Crippen LogP contribution is -2.25. The standard InChI is InChI=1S/C15H10FN3O6S/c16-7-1-3-8(4-2-7)25-15(24)17-6-9-5-10(14(22)23)11(26-9)18-19-12(20)13(19)21/h1-5,18H,6H2,(H,17,24)(H,22,23). The largest absolute Gasteiger partial charge is 0.478 e. The quantitative estimate of drug-likeness (QED) is 0.548. The molecular weight excluding hydrogens is 369 g/mol. The first-order valence-electron chi connectivity index (χ1n) is 7.07. The van der Waals surface area contributed by atoms with Crippen LogP contribution < -0.4 is 26.6 Å². The van der Waals surface area contributed by atoms with E-state index in [0.717, 1.165) is 23.5 Å². The second-order valence-electron chi connectivity index (χ2n) is 5.02. The van der Waals surface area contributed by atoms with E-state index in [1.807, 2.05) is 0 Å². The van der Waals surface area contributed by atoms with Gasteiger partial charge in [0.15, 0.2) is 0 Å². The number of nitrogens with one attached hydrogen (secondary N) is 2. The summed E-state index contributed by atoms with van der Waals surface area (Å²) >= 11 is 0.953. The third-order valence-electron chi connectivity index (χ3n) is 3.20. The minimum atomic E-state index is -1.26. The van der Waals surface area contributed by atoms with Gasteiger partial charge in [-0.1, -0.05) is 0 Å². The molecule has 0 unspecified atom stereocenters. The van der Waals surface area contributed by atoms with Crippen LogP contribution >= 0.6 is 11.3 Å². The lowest BCUT2D eigenvalue weighted by molar-refractivity contribution is 0.0698. The van der Waals surface area contributed by atoms with Gasteiger partial charge in [-0.15, -0.1) is 11.3 Å². The molecule has 0 spiro atoms. The fraction of sp³-hybridized carbons (Fsp3) is 0.0667. The Labute approximate surface area is 147 Å². The van der Waals surface area contributed by atoms with Gasteiger partial charge in [0.05, 0.1) is 12.1 Å². The molecule has 0 atom stereocenters. The van der Waals surface area contributed by atoms with E-state index < -0.39 is 29.0 Å². The Kier molecular flexibility index (Phi) is 4.54. The predicted molar refractivity (Wildman–Crippen MR) is 88.9 cm³/mol. The summed E-state index contributed by atoms with van der Waals surface area (Å²) in [5.74, 6) is -1.59. The number of benzene rings is 1. The molecule has 1 amide bonds. The van der Waals surface area contributed by atoms with Crippen LogP contribution in [0.25, 0.3) is 0 Å². The van der Waals surface area contributed by atoms with Gasteiger partial charge >= 0.3 is 23.2 Å². The molecule has 0 aliphatic heterocycles. The Hall–Kier alpha value is -3.47. The minimum absolute atomic E-state index is 0.0471. The molecule has 134 valence electrons. The Morgan fingerprint density at radius 2 is 1.85 bits per heavy atom. The number of halogens is 1. The summed E-state index contributed by atoms with van der Waals surface area (Å²) in [5, 5.41) is 11.7. The van der Waals surface area contributed by atoms with Crippen molar-refractivity contribution < 1.29 is 23.8 Å². The van der Waals surface area contributed by atoms with Crippen LogP contribution in [0.1, 0.15) is 15.2 Å². The number of nitrogens with zero attached hydrogens (tertiary/aromatic N) is 1. The maximum atomic E-state index is 12.8. The molecule has 0 radical (unpaired) electrons.